The van der Waals surface area contributed by atoms with Crippen molar-refractivity contribution in [2.24, 2.45) is 0 Å². The Morgan fingerprint density at radius 1 is 1.08 bits per heavy atom. The predicted molar refractivity (Wildman–Crippen MR) is 135 cm³/mol. The number of aliphatic hydroxyl groups is 1. The molecule has 190 valence electrons. The highest BCUT2D eigenvalue weighted by molar-refractivity contribution is 9.10. The molecule has 0 saturated heterocycles. The van der Waals surface area contributed by atoms with Gasteiger partial charge in [-0.3, -0.25) is 0 Å². The van der Waals surface area contributed by atoms with Gasteiger partial charge in [-0.05, 0) is 71.7 Å². The van der Waals surface area contributed by atoms with Crippen LogP contribution in [0, 0.1) is 0 Å². The Balaban J connectivity index is 1.81. The molecule has 12 heteroatoms. The number of hydrogen-bond acceptors (Lipinski definition) is 6. The van der Waals surface area contributed by atoms with Crippen LogP contribution >= 0.6 is 27.3 Å². The lowest BCUT2D eigenvalue weighted by atomic mass is 10.1. The first-order valence-electron chi connectivity index (χ1n) is 10.6. The molecule has 6 nitrogen and oxygen atoms in total. The summed E-state index contributed by atoms with van der Waals surface area (Å²) in [5, 5.41) is 14.9. The number of benzene rings is 1. The van der Waals surface area contributed by atoms with E-state index in [1.807, 2.05) is 12.1 Å². The maximum absolute atomic E-state index is 13.7. The molecule has 1 aromatic carbocycles. The minimum absolute atomic E-state index is 0.187. The van der Waals surface area contributed by atoms with Crippen molar-refractivity contribution in [3.8, 4) is 16.1 Å². The molecule has 3 heterocycles. The lowest BCUT2D eigenvalue weighted by molar-refractivity contribution is -0.141. The van der Waals surface area contributed by atoms with E-state index >= 15 is 0 Å². The van der Waals surface area contributed by atoms with Crippen molar-refractivity contribution in [3.05, 3.63) is 81.2 Å². The lowest BCUT2D eigenvalue weighted by Gasteiger charge is -2.15. The van der Waals surface area contributed by atoms with Crippen molar-refractivity contribution in [1.82, 2.24) is 14.8 Å². The van der Waals surface area contributed by atoms with Crippen LogP contribution in [0.4, 0.5) is 13.2 Å². The number of halogens is 4. The fourth-order valence-corrected chi connectivity index (χ4v) is 6.18. The predicted octanol–water partition coefficient (Wildman–Crippen LogP) is 6.00. The van der Waals surface area contributed by atoms with E-state index in [0.717, 1.165) is 26.9 Å². The number of thiophene rings is 1. The van der Waals surface area contributed by atoms with E-state index in [4.69, 9.17) is 0 Å². The number of aromatic nitrogens is 3. The molecule has 0 unspecified atom stereocenters. The molecule has 4 rings (SSSR count). The zero-order chi connectivity index (χ0) is 26.5. The van der Waals surface area contributed by atoms with E-state index in [1.165, 1.54) is 43.4 Å². The van der Waals surface area contributed by atoms with Crippen molar-refractivity contribution >= 4 is 37.1 Å². The van der Waals surface area contributed by atoms with Gasteiger partial charge < -0.3 is 5.11 Å². The molecule has 36 heavy (non-hydrogen) atoms. The summed E-state index contributed by atoms with van der Waals surface area (Å²) in [5.74, 6) is 0. The van der Waals surface area contributed by atoms with Gasteiger partial charge in [0.05, 0.1) is 20.7 Å². The molecule has 4 aromatic rings. The third-order valence-electron chi connectivity index (χ3n) is 5.33. The molecule has 3 aromatic heterocycles. The third-order valence-corrected chi connectivity index (χ3v) is 8.41. The van der Waals surface area contributed by atoms with E-state index in [-0.39, 0.29) is 22.7 Å². The largest absolute Gasteiger partial charge is 0.435 e. The highest BCUT2D eigenvalue weighted by atomic mass is 79.9. The van der Waals surface area contributed by atoms with Gasteiger partial charge in [0.15, 0.2) is 15.5 Å². The molecular weight excluding hydrogens is 579 g/mol. The van der Waals surface area contributed by atoms with Gasteiger partial charge in [0.2, 0.25) is 0 Å². The van der Waals surface area contributed by atoms with Crippen LogP contribution in [0.5, 0.6) is 0 Å². The molecule has 0 saturated carbocycles. The zero-order valence-electron chi connectivity index (χ0n) is 19.3. The molecule has 0 amide bonds. The van der Waals surface area contributed by atoms with Crippen molar-refractivity contribution < 1.29 is 26.7 Å². The average Bonchev–Trinajstić information content (AvgIpc) is 3.38. The van der Waals surface area contributed by atoms with Crippen LogP contribution < -0.4 is 0 Å². The van der Waals surface area contributed by atoms with Crippen molar-refractivity contribution in [1.29, 1.82) is 0 Å². The first-order chi connectivity index (χ1) is 16.7. The SMILES string of the molecule is CC(C)(O)c1nn(-c2cccnc2C(F)(F)F)c(Cc2ccc(-c3cccc(S(C)(=O)=O)c3)s2)c1Br. The number of rotatable bonds is 6. The molecule has 0 atom stereocenters. The molecule has 0 radical (unpaired) electrons. The second kappa shape index (κ2) is 9.40. The summed E-state index contributed by atoms with van der Waals surface area (Å²) in [4.78, 5) is 5.34. The van der Waals surface area contributed by atoms with Gasteiger partial charge >= 0.3 is 6.18 Å². The number of pyridine rings is 1. The highest BCUT2D eigenvalue weighted by Crippen LogP contribution is 2.38. The van der Waals surface area contributed by atoms with Crippen LogP contribution in [0.1, 0.15) is 35.8 Å². The minimum atomic E-state index is -4.71. The second-order valence-electron chi connectivity index (χ2n) is 8.69. The Bertz CT molecular complexity index is 1540. The smallest absolute Gasteiger partial charge is 0.384 e. The Morgan fingerprint density at radius 2 is 1.81 bits per heavy atom. The first-order valence-corrected chi connectivity index (χ1v) is 14.1. The molecule has 0 aliphatic heterocycles. The van der Waals surface area contributed by atoms with E-state index in [0.29, 0.717) is 15.7 Å². The number of nitrogens with zero attached hydrogens (tertiary/aromatic N) is 3. The first kappa shape index (κ1) is 26.5. The maximum atomic E-state index is 13.7. The Labute approximate surface area is 218 Å². The summed E-state index contributed by atoms with van der Waals surface area (Å²) in [7, 11) is -3.38. The van der Waals surface area contributed by atoms with E-state index in [1.54, 1.807) is 18.2 Å². The Kier molecular flexibility index (Phi) is 6.93. The minimum Gasteiger partial charge on any atom is -0.384 e. The fourth-order valence-electron chi connectivity index (χ4n) is 3.64. The van der Waals surface area contributed by atoms with Gasteiger partial charge in [0.25, 0.3) is 0 Å². The number of hydrogen-bond donors (Lipinski definition) is 1. The van der Waals surface area contributed by atoms with Crippen LogP contribution in [0.2, 0.25) is 0 Å². The normalized spacial score (nSPS) is 12.8. The second-order valence-corrected chi connectivity index (χ2v) is 12.7. The number of sulfone groups is 1. The summed E-state index contributed by atoms with van der Waals surface area (Å²) < 4.78 is 66.6. The molecule has 0 fully saturated rings. The molecule has 0 spiro atoms. The van der Waals surface area contributed by atoms with E-state index < -0.39 is 27.3 Å². The Morgan fingerprint density at radius 3 is 2.44 bits per heavy atom. The zero-order valence-corrected chi connectivity index (χ0v) is 22.6. The third kappa shape index (κ3) is 5.41. The van der Waals surface area contributed by atoms with Crippen LogP contribution in [0.3, 0.4) is 0 Å². The van der Waals surface area contributed by atoms with Crippen LogP contribution in [-0.4, -0.2) is 34.5 Å². The average molecular weight is 600 g/mol. The summed E-state index contributed by atoms with van der Waals surface area (Å²) in [6.45, 7) is 3.00. The molecule has 0 bridgehead atoms. The topological polar surface area (TPSA) is 85.1 Å². The fraction of sp³-hybridized carbons (Fsp3) is 0.250. The van der Waals surface area contributed by atoms with Crippen LogP contribution in [0.15, 0.2) is 64.1 Å². The summed E-state index contributed by atoms with van der Waals surface area (Å²) in [6.07, 6.45) is -2.30. The van der Waals surface area contributed by atoms with Gasteiger partial charge in [-0.15, -0.1) is 11.3 Å². The van der Waals surface area contributed by atoms with E-state index in [2.05, 4.69) is 26.0 Å². The van der Waals surface area contributed by atoms with Gasteiger partial charge in [-0.25, -0.2) is 18.1 Å². The van der Waals surface area contributed by atoms with Gasteiger partial charge in [0.1, 0.15) is 11.3 Å². The van der Waals surface area contributed by atoms with Crippen molar-refractivity contribution in [2.45, 2.75) is 36.9 Å². The van der Waals surface area contributed by atoms with Gasteiger partial charge in [-0.2, -0.15) is 18.3 Å². The van der Waals surface area contributed by atoms with Crippen molar-refractivity contribution in [3.63, 3.8) is 0 Å². The van der Waals surface area contributed by atoms with Crippen molar-refractivity contribution in [2.75, 3.05) is 6.26 Å². The van der Waals surface area contributed by atoms with Crippen LogP contribution in [-0.2, 0) is 28.0 Å². The Hall–Kier alpha value is -2.54. The molecule has 0 aliphatic rings. The van der Waals surface area contributed by atoms with E-state index in [9.17, 15) is 26.7 Å². The summed E-state index contributed by atoms with van der Waals surface area (Å²) in [6, 6.07) is 12.9. The molecule has 0 aliphatic carbocycles. The summed E-state index contributed by atoms with van der Waals surface area (Å²) >= 11 is 4.83. The summed E-state index contributed by atoms with van der Waals surface area (Å²) in [5.41, 5.74) is -1.46. The van der Waals surface area contributed by atoms with Crippen LogP contribution in [0.25, 0.3) is 16.1 Å². The van der Waals surface area contributed by atoms with Gasteiger partial charge in [-0.1, -0.05) is 12.1 Å². The van der Waals surface area contributed by atoms with Gasteiger partial charge in [0, 0.05) is 28.6 Å². The molecule has 1 N–H and O–H groups in total. The molecular formula is C24H21BrF3N3O3S2. The maximum Gasteiger partial charge on any atom is 0.435 e. The lowest BCUT2D eigenvalue weighted by Crippen LogP contribution is -2.18. The number of alkyl halides is 3. The highest BCUT2D eigenvalue weighted by Gasteiger charge is 2.37. The monoisotopic (exact) mass is 599 g/mol. The standard InChI is InChI=1S/C24H21BrF3N3O3S2/c1-23(2,32)22-20(25)18(31(30-22)17-8-5-11-29-21(17)24(26,27)28)13-15-9-10-19(35-15)14-6-4-7-16(12-14)36(3,33)34/h4-12,32H,13H2,1-3H3. The quantitative estimate of drug-likeness (QED) is 0.294.